The molecule has 0 aliphatic heterocycles. The summed E-state index contributed by atoms with van der Waals surface area (Å²) in [5.41, 5.74) is 1.80. The highest BCUT2D eigenvalue weighted by Crippen LogP contribution is 2.32. The summed E-state index contributed by atoms with van der Waals surface area (Å²) in [6, 6.07) is 8.12. The standard InChI is InChI=1S/C23H27FN4O2/c1-23(2,30)15-5-8-17(9-6-15)26-22(29)14-4-10-19(25-13-14)21-18-12-16(24)7-11-20(18)28(3)27-21/h4,7,10-13,15,17,30H,5-6,8-9H2,1-3H3,(H,26,29). The molecule has 0 radical (unpaired) electrons. The van der Waals surface area contributed by atoms with Crippen molar-refractivity contribution in [3.05, 3.63) is 47.9 Å². The maximum atomic E-state index is 13.7. The first kappa shape index (κ1) is 20.5. The zero-order valence-electron chi connectivity index (χ0n) is 17.5. The maximum Gasteiger partial charge on any atom is 0.253 e. The average Bonchev–Trinajstić information content (AvgIpc) is 3.03. The van der Waals surface area contributed by atoms with E-state index in [9.17, 15) is 14.3 Å². The molecule has 1 aliphatic carbocycles. The van der Waals surface area contributed by atoms with Gasteiger partial charge in [0.2, 0.25) is 0 Å². The van der Waals surface area contributed by atoms with Crippen LogP contribution in [0, 0.1) is 11.7 Å². The highest BCUT2D eigenvalue weighted by Gasteiger charge is 2.31. The summed E-state index contributed by atoms with van der Waals surface area (Å²) < 4.78 is 15.4. The monoisotopic (exact) mass is 410 g/mol. The molecule has 1 fully saturated rings. The second-order valence-corrected chi connectivity index (χ2v) is 8.74. The molecule has 0 saturated heterocycles. The molecule has 4 rings (SSSR count). The minimum absolute atomic E-state index is 0.110. The highest BCUT2D eigenvalue weighted by atomic mass is 19.1. The molecular weight excluding hydrogens is 383 g/mol. The molecule has 2 aromatic heterocycles. The number of aliphatic hydroxyl groups is 1. The lowest BCUT2D eigenvalue weighted by atomic mass is 9.77. The normalized spacial score (nSPS) is 19.8. The molecule has 7 heteroatoms. The van der Waals surface area contributed by atoms with Gasteiger partial charge in [-0.3, -0.25) is 14.5 Å². The van der Waals surface area contributed by atoms with Gasteiger partial charge in [0, 0.05) is 24.7 Å². The van der Waals surface area contributed by atoms with Crippen LogP contribution in [0.5, 0.6) is 0 Å². The van der Waals surface area contributed by atoms with Crippen molar-refractivity contribution in [3.8, 4) is 11.4 Å². The molecule has 2 heterocycles. The van der Waals surface area contributed by atoms with Crippen molar-refractivity contribution in [2.24, 2.45) is 13.0 Å². The molecule has 3 aromatic rings. The molecule has 1 aromatic carbocycles. The Labute approximate surface area is 175 Å². The van der Waals surface area contributed by atoms with Crippen LogP contribution in [0.2, 0.25) is 0 Å². The van der Waals surface area contributed by atoms with E-state index in [0.717, 1.165) is 31.2 Å². The molecule has 6 nitrogen and oxygen atoms in total. The molecule has 30 heavy (non-hydrogen) atoms. The van der Waals surface area contributed by atoms with Gasteiger partial charge < -0.3 is 10.4 Å². The summed E-state index contributed by atoms with van der Waals surface area (Å²) in [6.07, 6.45) is 5.05. The van der Waals surface area contributed by atoms with Gasteiger partial charge in [0.25, 0.3) is 5.91 Å². The fourth-order valence-corrected chi connectivity index (χ4v) is 4.31. The minimum Gasteiger partial charge on any atom is -0.390 e. The van der Waals surface area contributed by atoms with Gasteiger partial charge in [-0.15, -0.1) is 0 Å². The third-order valence-corrected chi connectivity index (χ3v) is 6.14. The zero-order valence-corrected chi connectivity index (χ0v) is 17.5. The van der Waals surface area contributed by atoms with Crippen LogP contribution in [-0.4, -0.2) is 37.4 Å². The van der Waals surface area contributed by atoms with Crippen LogP contribution in [0.3, 0.4) is 0 Å². The smallest absolute Gasteiger partial charge is 0.253 e. The quantitative estimate of drug-likeness (QED) is 0.685. The van der Waals surface area contributed by atoms with Gasteiger partial charge in [0.1, 0.15) is 11.5 Å². The highest BCUT2D eigenvalue weighted by molar-refractivity contribution is 5.95. The Morgan fingerprint density at radius 3 is 2.57 bits per heavy atom. The number of hydrogen-bond donors (Lipinski definition) is 2. The average molecular weight is 410 g/mol. The third-order valence-electron chi connectivity index (χ3n) is 6.14. The fraction of sp³-hybridized carbons (Fsp3) is 0.435. The number of rotatable bonds is 4. The molecule has 0 spiro atoms. The Morgan fingerprint density at radius 2 is 1.93 bits per heavy atom. The Bertz CT molecular complexity index is 1060. The zero-order chi connectivity index (χ0) is 21.5. The van der Waals surface area contributed by atoms with Crippen LogP contribution < -0.4 is 5.32 Å². The molecule has 2 N–H and O–H groups in total. The van der Waals surface area contributed by atoms with E-state index in [-0.39, 0.29) is 23.7 Å². The lowest BCUT2D eigenvalue weighted by molar-refractivity contribution is -0.00257. The number of amides is 1. The van der Waals surface area contributed by atoms with E-state index in [1.54, 1.807) is 29.9 Å². The number of hydrogen-bond acceptors (Lipinski definition) is 4. The van der Waals surface area contributed by atoms with Gasteiger partial charge in [0.05, 0.1) is 22.4 Å². The van der Waals surface area contributed by atoms with Crippen molar-refractivity contribution in [1.82, 2.24) is 20.1 Å². The van der Waals surface area contributed by atoms with Crippen molar-refractivity contribution in [3.63, 3.8) is 0 Å². The van der Waals surface area contributed by atoms with E-state index in [1.807, 2.05) is 13.8 Å². The summed E-state index contributed by atoms with van der Waals surface area (Å²) in [5, 5.41) is 18.4. The molecule has 158 valence electrons. The van der Waals surface area contributed by atoms with Gasteiger partial charge in [0.15, 0.2) is 0 Å². The first-order valence-corrected chi connectivity index (χ1v) is 10.3. The van der Waals surface area contributed by atoms with E-state index in [1.165, 1.54) is 18.3 Å². The number of nitrogens with one attached hydrogen (secondary N) is 1. The van der Waals surface area contributed by atoms with Crippen molar-refractivity contribution in [2.45, 2.75) is 51.2 Å². The number of pyridine rings is 1. The largest absolute Gasteiger partial charge is 0.390 e. The number of aromatic nitrogens is 3. The SMILES string of the molecule is Cn1nc(-c2ccc(C(=O)NC3CCC(C(C)(C)O)CC3)cn2)c2cc(F)ccc21. The van der Waals surface area contributed by atoms with Gasteiger partial charge in [-0.05, 0) is 75.8 Å². The lowest BCUT2D eigenvalue weighted by Crippen LogP contribution is -2.41. The Kier molecular flexibility index (Phi) is 5.32. The summed E-state index contributed by atoms with van der Waals surface area (Å²) in [7, 11) is 1.80. The van der Waals surface area contributed by atoms with Gasteiger partial charge >= 0.3 is 0 Å². The molecule has 0 bridgehead atoms. The first-order chi connectivity index (χ1) is 14.2. The van der Waals surface area contributed by atoms with Gasteiger partial charge in [-0.2, -0.15) is 5.10 Å². The molecule has 0 atom stereocenters. The fourth-order valence-electron chi connectivity index (χ4n) is 4.31. The first-order valence-electron chi connectivity index (χ1n) is 10.3. The van der Waals surface area contributed by atoms with Crippen molar-refractivity contribution in [2.75, 3.05) is 0 Å². The second kappa shape index (κ2) is 7.80. The number of aryl methyl sites for hydroxylation is 1. The Balaban J connectivity index is 1.46. The third kappa shape index (κ3) is 4.07. The van der Waals surface area contributed by atoms with E-state index in [0.29, 0.717) is 22.3 Å². The van der Waals surface area contributed by atoms with Crippen molar-refractivity contribution in [1.29, 1.82) is 0 Å². The van der Waals surface area contributed by atoms with E-state index >= 15 is 0 Å². The summed E-state index contributed by atoms with van der Waals surface area (Å²) >= 11 is 0. The predicted molar refractivity (Wildman–Crippen MR) is 113 cm³/mol. The number of fused-ring (bicyclic) bond motifs is 1. The summed E-state index contributed by atoms with van der Waals surface area (Å²) in [4.78, 5) is 17.0. The van der Waals surface area contributed by atoms with E-state index in [2.05, 4.69) is 15.4 Å². The minimum atomic E-state index is -0.673. The predicted octanol–water partition coefficient (Wildman–Crippen LogP) is 3.83. The Morgan fingerprint density at radius 1 is 1.20 bits per heavy atom. The van der Waals surface area contributed by atoms with Crippen molar-refractivity contribution >= 4 is 16.8 Å². The topological polar surface area (TPSA) is 80.0 Å². The molecule has 1 amide bonds. The second-order valence-electron chi connectivity index (χ2n) is 8.74. The van der Waals surface area contributed by atoms with Gasteiger partial charge in [-0.1, -0.05) is 0 Å². The molecule has 1 aliphatic rings. The molecule has 1 saturated carbocycles. The van der Waals surface area contributed by atoms with Crippen LogP contribution >= 0.6 is 0 Å². The van der Waals surface area contributed by atoms with Crippen LogP contribution in [0.4, 0.5) is 4.39 Å². The number of carbonyl (C=O) groups excluding carboxylic acids is 1. The van der Waals surface area contributed by atoms with Crippen LogP contribution in [0.1, 0.15) is 49.9 Å². The lowest BCUT2D eigenvalue weighted by Gasteiger charge is -2.36. The van der Waals surface area contributed by atoms with Gasteiger partial charge in [-0.25, -0.2) is 4.39 Å². The number of carbonyl (C=O) groups is 1. The number of halogens is 1. The molecule has 0 unspecified atom stereocenters. The number of nitrogens with zero attached hydrogens (tertiary/aromatic N) is 3. The summed E-state index contributed by atoms with van der Waals surface area (Å²) in [6.45, 7) is 3.70. The van der Waals surface area contributed by atoms with E-state index in [4.69, 9.17) is 0 Å². The van der Waals surface area contributed by atoms with Crippen LogP contribution in [0.15, 0.2) is 36.5 Å². The van der Waals surface area contributed by atoms with Crippen molar-refractivity contribution < 1.29 is 14.3 Å². The maximum absolute atomic E-state index is 13.7. The van der Waals surface area contributed by atoms with E-state index < -0.39 is 5.60 Å². The summed E-state index contributed by atoms with van der Waals surface area (Å²) in [5.74, 6) is -0.214. The molecular formula is C23H27FN4O2. The Hall–Kier alpha value is -2.80. The van der Waals surface area contributed by atoms with Crippen LogP contribution in [-0.2, 0) is 7.05 Å². The number of benzene rings is 1. The van der Waals surface area contributed by atoms with Crippen LogP contribution in [0.25, 0.3) is 22.3 Å².